The number of pyridine rings is 1. The Morgan fingerprint density at radius 1 is 1.08 bits per heavy atom. The van der Waals surface area contributed by atoms with Crippen molar-refractivity contribution in [2.24, 2.45) is 0 Å². The summed E-state index contributed by atoms with van der Waals surface area (Å²) in [5.41, 5.74) is -1.50. The molecule has 202 valence electrons. The number of aromatic carboxylic acids is 1. The Hall–Kier alpha value is -3.97. The molecule has 0 bridgehead atoms. The van der Waals surface area contributed by atoms with E-state index < -0.39 is 45.6 Å². The van der Waals surface area contributed by atoms with Crippen LogP contribution in [0.15, 0.2) is 53.8 Å². The maximum atomic E-state index is 16.2. The Morgan fingerprint density at radius 3 is 2.38 bits per heavy atom. The highest BCUT2D eigenvalue weighted by molar-refractivity contribution is 8.00. The number of halogens is 3. The smallest absolute Gasteiger partial charge is 0.477 e. The largest absolute Gasteiger partial charge is 0.519 e. The molecule has 13 heteroatoms. The van der Waals surface area contributed by atoms with Crippen LogP contribution in [0, 0.1) is 24.4 Å². The second-order valence-corrected chi connectivity index (χ2v) is 10.4. The van der Waals surface area contributed by atoms with Crippen molar-refractivity contribution in [2.45, 2.75) is 23.9 Å². The van der Waals surface area contributed by atoms with Crippen LogP contribution in [-0.2, 0) is 6.54 Å². The number of hydrogen-bond donors (Lipinski definition) is 1. The summed E-state index contributed by atoms with van der Waals surface area (Å²) < 4.78 is 56.4. The predicted molar refractivity (Wildman–Crippen MR) is 135 cm³/mol. The van der Waals surface area contributed by atoms with Crippen LogP contribution in [0.1, 0.15) is 32.8 Å². The number of aromatic nitrogens is 1. The number of aryl methyl sites for hydroxylation is 1. The van der Waals surface area contributed by atoms with Gasteiger partial charge in [-0.15, -0.1) is 0 Å². The van der Waals surface area contributed by atoms with Gasteiger partial charge in [-0.05, 0) is 30.7 Å². The lowest BCUT2D eigenvalue weighted by atomic mass is 10.1. The van der Waals surface area contributed by atoms with E-state index in [0.717, 1.165) is 17.8 Å². The number of carboxylic acids is 1. The average molecular weight is 560 g/mol. The zero-order chi connectivity index (χ0) is 27.6. The van der Waals surface area contributed by atoms with Gasteiger partial charge in [-0.3, -0.25) is 9.69 Å². The van der Waals surface area contributed by atoms with Crippen LogP contribution in [0.3, 0.4) is 0 Å². The maximum Gasteiger partial charge on any atom is 0.519 e. The minimum Gasteiger partial charge on any atom is -0.477 e. The van der Waals surface area contributed by atoms with Gasteiger partial charge in [0.25, 0.3) is 0 Å². The lowest BCUT2D eigenvalue weighted by molar-refractivity contribution is 0.0689. The van der Waals surface area contributed by atoms with E-state index in [2.05, 4.69) is 0 Å². The molecule has 4 aromatic rings. The molecule has 4 heterocycles. The van der Waals surface area contributed by atoms with Crippen molar-refractivity contribution >= 4 is 34.3 Å². The molecule has 2 aliphatic rings. The van der Waals surface area contributed by atoms with Gasteiger partial charge < -0.3 is 23.4 Å². The van der Waals surface area contributed by atoms with E-state index in [0.29, 0.717) is 36.7 Å². The molecule has 1 fully saturated rings. The minimum absolute atomic E-state index is 0.0487. The van der Waals surface area contributed by atoms with E-state index in [1.54, 1.807) is 6.92 Å². The highest BCUT2D eigenvalue weighted by Crippen LogP contribution is 2.51. The molecular weight excluding hydrogens is 539 g/mol. The molecule has 0 saturated carbocycles. The van der Waals surface area contributed by atoms with Gasteiger partial charge in [0, 0.05) is 26.2 Å². The van der Waals surface area contributed by atoms with Gasteiger partial charge in [0.2, 0.25) is 5.43 Å². The van der Waals surface area contributed by atoms with Gasteiger partial charge in [-0.1, -0.05) is 23.9 Å². The number of hydrogen-bond acceptors (Lipinski definition) is 8. The van der Waals surface area contributed by atoms with Gasteiger partial charge in [-0.2, -0.15) is 0 Å². The topological polar surface area (TPSA) is 109 Å². The van der Waals surface area contributed by atoms with Gasteiger partial charge in [0.15, 0.2) is 11.6 Å². The lowest BCUT2D eigenvalue weighted by Crippen LogP contribution is -2.46. The summed E-state index contributed by atoms with van der Waals surface area (Å²) in [6.07, 6.45) is 0. The molecule has 6 rings (SSSR count). The summed E-state index contributed by atoms with van der Waals surface area (Å²) in [5.74, 6) is -3.97. The number of carbonyl (C=O) groups is 1. The fourth-order valence-electron chi connectivity index (χ4n) is 5.08. The molecule has 2 aromatic heterocycles. The van der Waals surface area contributed by atoms with Crippen LogP contribution in [0.2, 0.25) is 0 Å². The van der Waals surface area contributed by atoms with Crippen molar-refractivity contribution in [3.05, 3.63) is 91.3 Å². The molecular formula is C26H20F3N3O6S. The van der Waals surface area contributed by atoms with E-state index in [4.69, 9.17) is 8.83 Å². The Labute approximate surface area is 222 Å². The fraction of sp³-hybridized carbons (Fsp3) is 0.269. The molecule has 0 spiro atoms. The first-order chi connectivity index (χ1) is 18.6. The van der Waals surface area contributed by atoms with Crippen molar-refractivity contribution in [1.29, 1.82) is 0 Å². The number of rotatable bonds is 5. The van der Waals surface area contributed by atoms with Crippen molar-refractivity contribution in [2.75, 3.05) is 31.1 Å². The third kappa shape index (κ3) is 4.12. The molecule has 2 aromatic carbocycles. The number of piperazine rings is 1. The Bertz CT molecular complexity index is 1760. The summed E-state index contributed by atoms with van der Waals surface area (Å²) in [6.45, 7) is 3.18. The molecule has 0 radical (unpaired) electrons. The molecule has 0 aliphatic carbocycles. The predicted octanol–water partition coefficient (Wildman–Crippen LogP) is 3.95. The van der Waals surface area contributed by atoms with Crippen LogP contribution >= 0.6 is 11.8 Å². The van der Waals surface area contributed by atoms with E-state index in [1.165, 1.54) is 33.7 Å². The number of fused-ring (bicyclic) bond motifs is 3. The van der Waals surface area contributed by atoms with Crippen LogP contribution in [0.25, 0.3) is 10.9 Å². The van der Waals surface area contributed by atoms with E-state index in [1.807, 2.05) is 4.90 Å². The molecule has 39 heavy (non-hydrogen) atoms. The molecule has 1 N–H and O–H groups in total. The van der Waals surface area contributed by atoms with Gasteiger partial charge in [0.1, 0.15) is 34.0 Å². The number of carboxylic acid groups (broad SMARTS) is 1. The van der Waals surface area contributed by atoms with Crippen molar-refractivity contribution < 1.29 is 31.9 Å². The van der Waals surface area contributed by atoms with Gasteiger partial charge in [0.05, 0.1) is 22.5 Å². The quantitative estimate of drug-likeness (QED) is 0.389. The monoisotopic (exact) mass is 559 g/mol. The SMILES string of the molecule is Cc1oc(=O)oc1CN1CCN(c2c(F)cc3c(=O)c(C(=O)O)c4n(c3c2F)C(c2ccc(F)cc2)S4)CC1. The highest BCUT2D eigenvalue weighted by Gasteiger charge is 2.38. The molecule has 1 saturated heterocycles. The zero-order valence-corrected chi connectivity index (χ0v) is 21.2. The molecule has 9 nitrogen and oxygen atoms in total. The van der Waals surface area contributed by atoms with Crippen molar-refractivity contribution in [1.82, 2.24) is 9.47 Å². The third-order valence-electron chi connectivity index (χ3n) is 7.03. The van der Waals surface area contributed by atoms with Crippen LogP contribution in [0.4, 0.5) is 18.9 Å². The molecule has 1 atom stereocenters. The van der Waals surface area contributed by atoms with Crippen LogP contribution in [0.5, 0.6) is 0 Å². The number of benzene rings is 2. The summed E-state index contributed by atoms with van der Waals surface area (Å²) in [5, 5.41) is 8.72. The molecule has 2 aliphatic heterocycles. The first-order valence-electron chi connectivity index (χ1n) is 12.0. The normalized spacial score (nSPS) is 17.3. The van der Waals surface area contributed by atoms with E-state index in [9.17, 15) is 23.9 Å². The standard InChI is InChI=1S/C26H20F3N3O6S/c1-12-17(38-26(36)37-12)11-30-6-8-31(9-7-30)21-16(28)10-15-20(19(21)29)32-23(13-2-4-14(27)5-3-13)39-24(32)18(22(15)33)25(34)35/h2-5,10,23H,6-9,11H2,1H3,(H,34,35). The molecule has 1 unspecified atom stereocenters. The lowest BCUT2D eigenvalue weighted by Gasteiger charge is -2.38. The maximum absolute atomic E-state index is 16.2. The van der Waals surface area contributed by atoms with E-state index in [-0.39, 0.29) is 34.7 Å². The first kappa shape index (κ1) is 25.3. The zero-order valence-electron chi connectivity index (χ0n) is 20.4. The average Bonchev–Trinajstić information content (AvgIpc) is 3.19. The number of anilines is 1. The fourth-order valence-corrected chi connectivity index (χ4v) is 6.35. The summed E-state index contributed by atoms with van der Waals surface area (Å²) >= 11 is 1.04. The number of thioether (sulfide) groups is 1. The highest BCUT2D eigenvalue weighted by atomic mass is 32.2. The Morgan fingerprint density at radius 2 is 1.77 bits per heavy atom. The minimum atomic E-state index is -1.50. The first-order valence-corrected chi connectivity index (χ1v) is 12.8. The van der Waals surface area contributed by atoms with Crippen molar-refractivity contribution in [3.8, 4) is 0 Å². The molecule has 0 amide bonds. The number of nitrogens with zero attached hydrogens (tertiary/aromatic N) is 3. The van der Waals surface area contributed by atoms with Crippen LogP contribution in [-0.4, -0.2) is 46.7 Å². The van der Waals surface area contributed by atoms with Gasteiger partial charge in [-0.25, -0.2) is 22.8 Å². The Kier molecular flexibility index (Phi) is 6.07. The van der Waals surface area contributed by atoms with E-state index >= 15 is 8.78 Å². The summed E-state index contributed by atoms with van der Waals surface area (Å²) in [7, 11) is 0. The van der Waals surface area contributed by atoms with Gasteiger partial charge >= 0.3 is 11.8 Å². The van der Waals surface area contributed by atoms with Crippen LogP contribution < -0.4 is 16.2 Å². The summed E-state index contributed by atoms with van der Waals surface area (Å²) in [4.78, 5) is 39.8. The second-order valence-electron chi connectivity index (χ2n) is 9.32. The summed E-state index contributed by atoms with van der Waals surface area (Å²) in [6, 6.07) is 6.33. The van der Waals surface area contributed by atoms with Crippen molar-refractivity contribution in [3.63, 3.8) is 0 Å². The Balaban J connectivity index is 1.40. The third-order valence-corrected chi connectivity index (χ3v) is 8.36. The second kappa shape index (κ2) is 9.35.